The molecule has 0 aromatic heterocycles. The highest BCUT2D eigenvalue weighted by molar-refractivity contribution is 7.89. The average Bonchev–Trinajstić information content (AvgIpc) is 2.49. The van der Waals surface area contributed by atoms with Gasteiger partial charge in [0.25, 0.3) is 0 Å². The molecule has 0 radical (unpaired) electrons. The number of hydrogen-bond donors (Lipinski definition) is 2. The van der Waals surface area contributed by atoms with Crippen LogP contribution in [0.5, 0.6) is 0 Å². The van der Waals surface area contributed by atoms with Crippen LogP contribution in [0.4, 0.5) is 0 Å². The summed E-state index contributed by atoms with van der Waals surface area (Å²) in [6.45, 7) is 2.53. The lowest BCUT2D eigenvalue weighted by molar-refractivity contribution is 0.0577. The molecule has 1 fully saturated rings. The monoisotopic (exact) mass is 402 g/mol. The van der Waals surface area contributed by atoms with Crippen molar-refractivity contribution in [1.29, 1.82) is 0 Å². The van der Waals surface area contributed by atoms with Gasteiger partial charge in [0.2, 0.25) is 10.0 Å². The number of sulfonamides is 1. The zero-order valence-corrected chi connectivity index (χ0v) is 15.9. The standard InChI is InChI=1S/C14H20Cl2N2O3S.ClH/c1-21-10-14(5-7-17-8-6-14)9-18-22(19,20)12-4-2-3-11(15)13(12)16;/h2-4,17-18H,5-10H2,1H3;1H. The molecular weight excluding hydrogens is 383 g/mol. The molecule has 1 aromatic rings. The highest BCUT2D eigenvalue weighted by Crippen LogP contribution is 2.31. The molecule has 2 rings (SSSR count). The Kier molecular flexibility index (Phi) is 8.07. The third-order valence-electron chi connectivity index (χ3n) is 3.96. The van der Waals surface area contributed by atoms with E-state index in [-0.39, 0.29) is 32.8 Å². The van der Waals surface area contributed by atoms with Gasteiger partial charge in [-0.3, -0.25) is 0 Å². The number of rotatable bonds is 6. The van der Waals surface area contributed by atoms with E-state index < -0.39 is 10.0 Å². The van der Waals surface area contributed by atoms with Crippen LogP contribution in [0.25, 0.3) is 0 Å². The number of hydrogen-bond acceptors (Lipinski definition) is 4. The van der Waals surface area contributed by atoms with Crippen molar-refractivity contribution in [2.45, 2.75) is 17.7 Å². The van der Waals surface area contributed by atoms with Gasteiger partial charge in [-0.1, -0.05) is 29.3 Å². The minimum atomic E-state index is -3.71. The summed E-state index contributed by atoms with van der Waals surface area (Å²) in [5, 5.41) is 3.54. The summed E-state index contributed by atoms with van der Waals surface area (Å²) in [6, 6.07) is 4.57. The van der Waals surface area contributed by atoms with Crippen molar-refractivity contribution < 1.29 is 13.2 Å². The van der Waals surface area contributed by atoms with Crippen LogP contribution in [-0.2, 0) is 14.8 Å². The lowest BCUT2D eigenvalue weighted by atomic mass is 9.80. The van der Waals surface area contributed by atoms with Gasteiger partial charge in [0, 0.05) is 19.1 Å². The van der Waals surface area contributed by atoms with Crippen LogP contribution >= 0.6 is 35.6 Å². The lowest BCUT2D eigenvalue weighted by Gasteiger charge is -2.37. The molecule has 132 valence electrons. The zero-order chi connectivity index (χ0) is 16.2. The molecule has 0 aliphatic carbocycles. The van der Waals surface area contributed by atoms with E-state index in [9.17, 15) is 8.42 Å². The van der Waals surface area contributed by atoms with Crippen LogP contribution in [0, 0.1) is 5.41 Å². The summed E-state index contributed by atoms with van der Waals surface area (Å²) in [6.07, 6.45) is 1.71. The first kappa shape index (κ1) is 21.0. The first-order valence-electron chi connectivity index (χ1n) is 7.04. The van der Waals surface area contributed by atoms with Crippen LogP contribution < -0.4 is 10.0 Å². The second-order valence-corrected chi connectivity index (χ2v) is 8.08. The molecule has 0 unspecified atom stereocenters. The summed E-state index contributed by atoms with van der Waals surface area (Å²) >= 11 is 11.9. The van der Waals surface area contributed by atoms with Gasteiger partial charge in [0.1, 0.15) is 4.90 Å². The van der Waals surface area contributed by atoms with Gasteiger partial charge in [0.15, 0.2) is 0 Å². The van der Waals surface area contributed by atoms with E-state index in [1.165, 1.54) is 6.07 Å². The van der Waals surface area contributed by atoms with Crippen molar-refractivity contribution in [3.05, 3.63) is 28.2 Å². The van der Waals surface area contributed by atoms with Crippen molar-refractivity contribution in [3.8, 4) is 0 Å². The molecule has 2 N–H and O–H groups in total. The van der Waals surface area contributed by atoms with Crippen LogP contribution in [0.3, 0.4) is 0 Å². The van der Waals surface area contributed by atoms with Crippen LogP contribution in [0.15, 0.2) is 23.1 Å². The summed E-state index contributed by atoms with van der Waals surface area (Å²) in [7, 11) is -2.08. The molecule has 0 amide bonds. The first-order chi connectivity index (χ1) is 10.4. The van der Waals surface area contributed by atoms with E-state index in [1.54, 1.807) is 19.2 Å². The molecular formula is C14H21Cl3N2O3S. The molecule has 0 saturated carbocycles. The lowest BCUT2D eigenvalue weighted by Crippen LogP contribution is -2.47. The normalized spacial score (nSPS) is 17.5. The summed E-state index contributed by atoms with van der Waals surface area (Å²) in [5.74, 6) is 0. The fourth-order valence-electron chi connectivity index (χ4n) is 2.65. The van der Waals surface area contributed by atoms with Crippen molar-refractivity contribution in [2.75, 3.05) is 33.4 Å². The molecule has 1 heterocycles. The second kappa shape index (κ2) is 8.85. The zero-order valence-electron chi connectivity index (χ0n) is 12.8. The Labute approximate surface area is 153 Å². The highest BCUT2D eigenvalue weighted by atomic mass is 35.5. The smallest absolute Gasteiger partial charge is 0.242 e. The quantitative estimate of drug-likeness (QED) is 0.766. The average molecular weight is 404 g/mol. The van der Waals surface area contributed by atoms with Gasteiger partial charge in [-0.15, -0.1) is 12.4 Å². The Morgan fingerprint density at radius 2 is 1.96 bits per heavy atom. The maximum absolute atomic E-state index is 12.5. The molecule has 1 aliphatic rings. The van der Waals surface area contributed by atoms with Gasteiger partial charge in [-0.25, -0.2) is 13.1 Å². The predicted octanol–water partition coefficient (Wildman–Crippen LogP) is 2.71. The topological polar surface area (TPSA) is 67.4 Å². The highest BCUT2D eigenvalue weighted by Gasteiger charge is 2.34. The molecule has 9 heteroatoms. The minimum absolute atomic E-state index is 0. The summed E-state index contributed by atoms with van der Waals surface area (Å²) < 4.78 is 32.9. The number of methoxy groups -OCH3 is 1. The third-order valence-corrected chi connectivity index (χ3v) is 6.33. The molecule has 23 heavy (non-hydrogen) atoms. The Balaban J connectivity index is 0.00000264. The molecule has 0 spiro atoms. The Bertz CT molecular complexity index is 614. The molecule has 0 atom stereocenters. The van der Waals surface area contributed by atoms with Crippen LogP contribution in [-0.4, -0.2) is 41.8 Å². The van der Waals surface area contributed by atoms with Crippen molar-refractivity contribution >= 4 is 45.6 Å². The Morgan fingerprint density at radius 1 is 1.30 bits per heavy atom. The third kappa shape index (κ3) is 5.19. The predicted molar refractivity (Wildman–Crippen MR) is 95.3 cm³/mol. The molecule has 1 aromatic carbocycles. The van der Waals surface area contributed by atoms with Gasteiger partial charge >= 0.3 is 0 Å². The van der Waals surface area contributed by atoms with E-state index in [4.69, 9.17) is 27.9 Å². The van der Waals surface area contributed by atoms with Gasteiger partial charge in [0.05, 0.1) is 16.7 Å². The number of halogens is 3. The van der Waals surface area contributed by atoms with Gasteiger partial charge in [-0.05, 0) is 38.1 Å². The van der Waals surface area contributed by atoms with Crippen molar-refractivity contribution in [1.82, 2.24) is 10.0 Å². The maximum atomic E-state index is 12.5. The molecule has 0 bridgehead atoms. The summed E-state index contributed by atoms with van der Waals surface area (Å²) in [5.41, 5.74) is -0.196. The SMILES string of the molecule is COCC1(CNS(=O)(=O)c2cccc(Cl)c2Cl)CCNCC1.Cl. The van der Waals surface area contributed by atoms with E-state index in [2.05, 4.69) is 10.0 Å². The largest absolute Gasteiger partial charge is 0.384 e. The van der Waals surface area contributed by atoms with E-state index in [0.717, 1.165) is 25.9 Å². The van der Waals surface area contributed by atoms with E-state index >= 15 is 0 Å². The van der Waals surface area contributed by atoms with E-state index in [0.29, 0.717) is 13.2 Å². The Hall–Kier alpha value is -0.0800. The van der Waals surface area contributed by atoms with Crippen molar-refractivity contribution in [3.63, 3.8) is 0 Å². The second-order valence-electron chi connectivity index (χ2n) is 5.56. The molecule has 1 saturated heterocycles. The minimum Gasteiger partial charge on any atom is -0.384 e. The van der Waals surface area contributed by atoms with Crippen LogP contribution in [0.1, 0.15) is 12.8 Å². The molecule has 5 nitrogen and oxygen atoms in total. The molecule has 1 aliphatic heterocycles. The fourth-order valence-corrected chi connectivity index (χ4v) is 4.57. The number of piperidine rings is 1. The van der Waals surface area contributed by atoms with Crippen LogP contribution in [0.2, 0.25) is 10.0 Å². The fraction of sp³-hybridized carbons (Fsp3) is 0.571. The van der Waals surface area contributed by atoms with E-state index in [1.807, 2.05) is 0 Å². The number of nitrogens with one attached hydrogen (secondary N) is 2. The maximum Gasteiger partial charge on any atom is 0.242 e. The van der Waals surface area contributed by atoms with Gasteiger partial charge in [-0.2, -0.15) is 0 Å². The van der Waals surface area contributed by atoms with Crippen molar-refractivity contribution in [2.24, 2.45) is 5.41 Å². The number of ether oxygens (including phenoxy) is 1. The van der Waals surface area contributed by atoms with Gasteiger partial charge < -0.3 is 10.1 Å². The first-order valence-corrected chi connectivity index (χ1v) is 9.27. The number of benzene rings is 1. The Morgan fingerprint density at radius 3 is 2.57 bits per heavy atom. The summed E-state index contributed by atoms with van der Waals surface area (Å²) in [4.78, 5) is 0.00293.